The quantitative estimate of drug-likeness (QED) is 0.752. The Morgan fingerprint density at radius 2 is 2.00 bits per heavy atom. The molecule has 0 bridgehead atoms. The van der Waals surface area contributed by atoms with Crippen molar-refractivity contribution in [3.8, 4) is 0 Å². The smallest absolute Gasteiger partial charge is 0.264 e. The second-order valence-electron chi connectivity index (χ2n) is 3.64. The Balaban J connectivity index is 1.99. The van der Waals surface area contributed by atoms with Crippen LogP contribution >= 0.6 is 11.3 Å². The van der Waals surface area contributed by atoms with Crippen molar-refractivity contribution in [1.29, 1.82) is 0 Å². The third kappa shape index (κ3) is 2.16. The number of carbonyl (C=O) groups is 2. The van der Waals surface area contributed by atoms with Crippen molar-refractivity contribution in [2.24, 2.45) is 0 Å². The molecular weight excluding hydrogens is 226 g/mol. The van der Waals surface area contributed by atoms with Crippen LogP contribution in [0.2, 0.25) is 0 Å². The van der Waals surface area contributed by atoms with E-state index in [1.165, 1.54) is 11.3 Å². The molecule has 0 aliphatic carbocycles. The summed E-state index contributed by atoms with van der Waals surface area (Å²) >= 11 is 1.30. The van der Waals surface area contributed by atoms with Gasteiger partial charge in [0.15, 0.2) is 0 Å². The molecule has 6 heteroatoms. The van der Waals surface area contributed by atoms with E-state index in [0.717, 1.165) is 6.41 Å². The molecule has 0 radical (unpaired) electrons. The minimum absolute atomic E-state index is 0.00671. The van der Waals surface area contributed by atoms with Crippen molar-refractivity contribution < 1.29 is 9.59 Å². The minimum atomic E-state index is 0.00671. The Labute approximate surface area is 97.4 Å². The summed E-state index contributed by atoms with van der Waals surface area (Å²) in [5.41, 5.74) is 5.58. The number of nitrogen functional groups attached to an aromatic ring is 1. The van der Waals surface area contributed by atoms with Gasteiger partial charge in [0.25, 0.3) is 5.91 Å². The SMILES string of the molecule is Nc1ccc(C(=O)N2CCN(C=O)CC2)s1. The van der Waals surface area contributed by atoms with E-state index in [1.54, 1.807) is 21.9 Å². The van der Waals surface area contributed by atoms with Crippen molar-refractivity contribution in [1.82, 2.24) is 9.80 Å². The molecule has 2 rings (SSSR count). The summed E-state index contributed by atoms with van der Waals surface area (Å²) in [5.74, 6) is 0.00671. The molecular formula is C10H13N3O2S. The first-order valence-electron chi connectivity index (χ1n) is 5.04. The van der Waals surface area contributed by atoms with Crippen LogP contribution in [0.25, 0.3) is 0 Å². The summed E-state index contributed by atoms with van der Waals surface area (Å²) in [6.07, 6.45) is 0.824. The summed E-state index contributed by atoms with van der Waals surface area (Å²) < 4.78 is 0. The number of nitrogens with two attached hydrogens (primary N) is 1. The molecule has 2 N–H and O–H groups in total. The van der Waals surface area contributed by atoms with Crippen LogP contribution in [-0.4, -0.2) is 48.3 Å². The molecule has 2 heterocycles. The highest BCUT2D eigenvalue weighted by Crippen LogP contribution is 2.20. The normalized spacial score (nSPS) is 16.2. The molecule has 1 aliphatic heterocycles. The molecule has 0 saturated carbocycles. The van der Waals surface area contributed by atoms with E-state index in [2.05, 4.69) is 0 Å². The summed E-state index contributed by atoms with van der Waals surface area (Å²) in [4.78, 5) is 26.6. The van der Waals surface area contributed by atoms with Gasteiger partial charge in [0, 0.05) is 26.2 Å². The third-order valence-electron chi connectivity index (χ3n) is 2.59. The molecule has 86 valence electrons. The Morgan fingerprint density at radius 3 is 2.50 bits per heavy atom. The van der Waals surface area contributed by atoms with Crippen LogP contribution in [0.4, 0.5) is 5.00 Å². The van der Waals surface area contributed by atoms with Gasteiger partial charge in [-0.2, -0.15) is 0 Å². The van der Waals surface area contributed by atoms with Crippen molar-refractivity contribution >= 4 is 28.7 Å². The van der Waals surface area contributed by atoms with E-state index in [9.17, 15) is 9.59 Å². The highest BCUT2D eigenvalue weighted by molar-refractivity contribution is 7.17. The van der Waals surface area contributed by atoms with Gasteiger partial charge in [-0.3, -0.25) is 9.59 Å². The first kappa shape index (κ1) is 10.9. The van der Waals surface area contributed by atoms with Crippen molar-refractivity contribution in [3.63, 3.8) is 0 Å². The lowest BCUT2D eigenvalue weighted by Crippen LogP contribution is -2.47. The number of amides is 2. The van der Waals surface area contributed by atoms with Gasteiger partial charge in [-0.25, -0.2) is 0 Å². The number of rotatable bonds is 2. The lowest BCUT2D eigenvalue weighted by atomic mass is 10.3. The zero-order valence-corrected chi connectivity index (χ0v) is 9.57. The predicted molar refractivity (Wildman–Crippen MR) is 62.3 cm³/mol. The van der Waals surface area contributed by atoms with E-state index >= 15 is 0 Å². The molecule has 0 aromatic carbocycles. The first-order chi connectivity index (χ1) is 7.70. The number of thiophene rings is 1. The highest BCUT2D eigenvalue weighted by atomic mass is 32.1. The van der Waals surface area contributed by atoms with Gasteiger partial charge in [0.05, 0.1) is 9.88 Å². The molecule has 0 spiro atoms. The maximum atomic E-state index is 12.0. The standard InChI is InChI=1S/C10H13N3O2S/c11-9-2-1-8(16-9)10(15)13-5-3-12(7-14)4-6-13/h1-2,7H,3-6,11H2. The molecule has 0 unspecified atom stereocenters. The highest BCUT2D eigenvalue weighted by Gasteiger charge is 2.22. The summed E-state index contributed by atoms with van der Waals surface area (Å²) in [6, 6.07) is 3.48. The maximum absolute atomic E-state index is 12.0. The van der Waals surface area contributed by atoms with E-state index < -0.39 is 0 Å². The average molecular weight is 239 g/mol. The van der Waals surface area contributed by atoms with Crippen molar-refractivity contribution in [2.75, 3.05) is 31.9 Å². The fourth-order valence-corrected chi connectivity index (χ4v) is 2.40. The second-order valence-corrected chi connectivity index (χ2v) is 4.75. The zero-order valence-electron chi connectivity index (χ0n) is 8.76. The number of piperazine rings is 1. The number of carbonyl (C=O) groups excluding carboxylic acids is 2. The third-order valence-corrected chi connectivity index (χ3v) is 3.49. The van der Waals surface area contributed by atoms with Gasteiger partial charge >= 0.3 is 0 Å². The number of hydrogen-bond acceptors (Lipinski definition) is 4. The zero-order chi connectivity index (χ0) is 11.5. The fraction of sp³-hybridized carbons (Fsp3) is 0.400. The largest absolute Gasteiger partial charge is 0.391 e. The van der Waals surface area contributed by atoms with E-state index in [1.807, 2.05) is 0 Å². The second kappa shape index (κ2) is 4.52. The molecule has 1 saturated heterocycles. The minimum Gasteiger partial charge on any atom is -0.391 e. The Morgan fingerprint density at radius 1 is 1.31 bits per heavy atom. The summed E-state index contributed by atoms with van der Waals surface area (Å²) in [6.45, 7) is 2.40. The molecule has 1 aromatic heterocycles. The van der Waals surface area contributed by atoms with Gasteiger partial charge in [0.2, 0.25) is 6.41 Å². The molecule has 5 nitrogen and oxygen atoms in total. The van der Waals surface area contributed by atoms with Gasteiger partial charge in [-0.05, 0) is 12.1 Å². The molecule has 1 aromatic rings. The van der Waals surface area contributed by atoms with Crippen molar-refractivity contribution in [2.45, 2.75) is 0 Å². The monoisotopic (exact) mass is 239 g/mol. The van der Waals surface area contributed by atoms with Gasteiger partial charge in [-0.15, -0.1) is 11.3 Å². The fourth-order valence-electron chi connectivity index (χ4n) is 1.65. The molecule has 1 aliphatic rings. The Kier molecular flexibility index (Phi) is 3.09. The number of anilines is 1. The lowest BCUT2D eigenvalue weighted by Gasteiger charge is -2.32. The molecule has 16 heavy (non-hydrogen) atoms. The molecule has 1 fully saturated rings. The van der Waals surface area contributed by atoms with Crippen LogP contribution in [0.1, 0.15) is 9.67 Å². The van der Waals surface area contributed by atoms with Crippen LogP contribution in [0.3, 0.4) is 0 Å². The van der Waals surface area contributed by atoms with Crippen LogP contribution in [0.15, 0.2) is 12.1 Å². The number of nitrogens with zero attached hydrogens (tertiary/aromatic N) is 2. The van der Waals surface area contributed by atoms with Crippen LogP contribution in [0.5, 0.6) is 0 Å². The number of hydrogen-bond donors (Lipinski definition) is 1. The van der Waals surface area contributed by atoms with Crippen LogP contribution in [-0.2, 0) is 4.79 Å². The first-order valence-corrected chi connectivity index (χ1v) is 5.86. The van der Waals surface area contributed by atoms with Gasteiger partial charge in [-0.1, -0.05) is 0 Å². The van der Waals surface area contributed by atoms with Gasteiger partial charge in [0.1, 0.15) is 0 Å². The van der Waals surface area contributed by atoms with E-state index in [0.29, 0.717) is 36.1 Å². The van der Waals surface area contributed by atoms with E-state index in [4.69, 9.17) is 5.73 Å². The predicted octanol–water partition coefficient (Wildman–Crippen LogP) is 0.245. The summed E-state index contributed by atoms with van der Waals surface area (Å²) in [5, 5.41) is 0.648. The van der Waals surface area contributed by atoms with Gasteiger partial charge < -0.3 is 15.5 Å². The van der Waals surface area contributed by atoms with E-state index in [-0.39, 0.29) is 5.91 Å². The molecule has 2 amide bonds. The summed E-state index contributed by atoms with van der Waals surface area (Å²) in [7, 11) is 0. The topological polar surface area (TPSA) is 66.6 Å². The Hall–Kier alpha value is -1.56. The van der Waals surface area contributed by atoms with Crippen molar-refractivity contribution in [3.05, 3.63) is 17.0 Å². The molecule has 0 atom stereocenters. The van der Waals surface area contributed by atoms with Crippen LogP contribution < -0.4 is 5.73 Å². The van der Waals surface area contributed by atoms with Crippen LogP contribution in [0, 0.1) is 0 Å². The Bertz CT molecular complexity index is 397. The average Bonchev–Trinajstić information content (AvgIpc) is 2.75. The lowest BCUT2D eigenvalue weighted by molar-refractivity contribution is -0.119. The maximum Gasteiger partial charge on any atom is 0.264 e.